The van der Waals surface area contributed by atoms with Gasteiger partial charge in [-0.15, -0.1) is 0 Å². The van der Waals surface area contributed by atoms with E-state index >= 15 is 0 Å². The SMILES string of the molecule is O=C(O)C(O)CC1(c2ccccc2)CCC1. The van der Waals surface area contributed by atoms with Gasteiger partial charge in [0.15, 0.2) is 6.10 Å². The van der Waals surface area contributed by atoms with Gasteiger partial charge in [0.1, 0.15) is 0 Å². The van der Waals surface area contributed by atoms with Gasteiger partial charge in [-0.25, -0.2) is 4.79 Å². The quantitative estimate of drug-likeness (QED) is 0.815. The highest BCUT2D eigenvalue weighted by Crippen LogP contribution is 2.47. The molecule has 1 aliphatic carbocycles. The van der Waals surface area contributed by atoms with Gasteiger partial charge in [-0.3, -0.25) is 0 Å². The summed E-state index contributed by atoms with van der Waals surface area (Å²) in [4.78, 5) is 10.7. The molecule has 0 radical (unpaired) electrons. The standard InChI is InChI=1S/C13H16O3/c14-11(12(15)16)9-13(7-4-8-13)10-5-2-1-3-6-10/h1-3,5-6,11,14H,4,7-9H2,(H,15,16). The summed E-state index contributed by atoms with van der Waals surface area (Å²) in [6.45, 7) is 0. The number of hydrogen-bond donors (Lipinski definition) is 2. The van der Waals surface area contributed by atoms with Gasteiger partial charge in [0, 0.05) is 0 Å². The smallest absolute Gasteiger partial charge is 0.332 e. The molecule has 86 valence electrons. The fourth-order valence-electron chi connectivity index (χ4n) is 2.46. The zero-order valence-electron chi connectivity index (χ0n) is 9.10. The summed E-state index contributed by atoms with van der Waals surface area (Å²) in [5, 5.41) is 18.3. The fraction of sp³-hybridized carbons (Fsp3) is 0.462. The third-order valence-corrected chi connectivity index (χ3v) is 3.57. The monoisotopic (exact) mass is 220 g/mol. The predicted molar refractivity (Wildman–Crippen MR) is 60.2 cm³/mol. The summed E-state index contributed by atoms with van der Waals surface area (Å²) in [6.07, 6.45) is 2.14. The first-order chi connectivity index (χ1) is 7.64. The summed E-state index contributed by atoms with van der Waals surface area (Å²) < 4.78 is 0. The van der Waals surface area contributed by atoms with Crippen LogP contribution in [-0.4, -0.2) is 22.3 Å². The maximum Gasteiger partial charge on any atom is 0.332 e. The van der Waals surface area contributed by atoms with Crippen LogP contribution in [0.15, 0.2) is 30.3 Å². The van der Waals surface area contributed by atoms with Crippen molar-refractivity contribution in [1.29, 1.82) is 0 Å². The van der Waals surface area contributed by atoms with E-state index < -0.39 is 12.1 Å². The van der Waals surface area contributed by atoms with Gasteiger partial charge in [0.2, 0.25) is 0 Å². The zero-order chi connectivity index (χ0) is 11.6. The van der Waals surface area contributed by atoms with Crippen molar-refractivity contribution < 1.29 is 15.0 Å². The minimum atomic E-state index is -1.25. The molecule has 1 atom stereocenters. The summed E-state index contributed by atoms with van der Waals surface area (Å²) in [5.74, 6) is -1.12. The molecule has 1 aromatic carbocycles. The van der Waals surface area contributed by atoms with Gasteiger partial charge in [0.25, 0.3) is 0 Å². The average Bonchev–Trinajstić information content (AvgIpc) is 2.24. The second-order valence-corrected chi connectivity index (χ2v) is 4.56. The third kappa shape index (κ3) is 1.95. The van der Waals surface area contributed by atoms with Gasteiger partial charge < -0.3 is 10.2 Å². The van der Waals surface area contributed by atoms with E-state index in [1.54, 1.807) is 0 Å². The van der Waals surface area contributed by atoms with Crippen LogP contribution < -0.4 is 0 Å². The normalized spacial score (nSPS) is 19.8. The van der Waals surface area contributed by atoms with Gasteiger partial charge in [-0.05, 0) is 30.2 Å². The molecule has 1 aliphatic rings. The van der Waals surface area contributed by atoms with Crippen molar-refractivity contribution in [2.45, 2.75) is 37.2 Å². The first-order valence-corrected chi connectivity index (χ1v) is 5.60. The number of aliphatic carboxylic acids is 1. The third-order valence-electron chi connectivity index (χ3n) is 3.57. The van der Waals surface area contributed by atoms with Crippen LogP contribution in [0.2, 0.25) is 0 Å². The van der Waals surface area contributed by atoms with E-state index in [9.17, 15) is 9.90 Å². The van der Waals surface area contributed by atoms with Crippen LogP contribution in [0.25, 0.3) is 0 Å². The van der Waals surface area contributed by atoms with E-state index in [1.807, 2.05) is 30.3 Å². The molecule has 0 heterocycles. The highest BCUT2D eigenvalue weighted by Gasteiger charge is 2.41. The van der Waals surface area contributed by atoms with Crippen molar-refractivity contribution in [3.8, 4) is 0 Å². The molecule has 1 saturated carbocycles. The zero-order valence-corrected chi connectivity index (χ0v) is 9.10. The molecule has 0 bridgehead atoms. The summed E-state index contributed by atoms with van der Waals surface area (Å²) in [7, 11) is 0. The van der Waals surface area contributed by atoms with Crippen LogP contribution in [-0.2, 0) is 10.2 Å². The lowest BCUT2D eigenvalue weighted by Gasteiger charge is -2.43. The molecule has 1 unspecified atom stereocenters. The average molecular weight is 220 g/mol. The molecule has 2 rings (SSSR count). The minimum Gasteiger partial charge on any atom is -0.479 e. The molecule has 0 spiro atoms. The Kier molecular flexibility index (Phi) is 2.97. The van der Waals surface area contributed by atoms with Crippen LogP contribution >= 0.6 is 0 Å². The molecule has 0 aromatic heterocycles. The van der Waals surface area contributed by atoms with Crippen LogP contribution in [0.4, 0.5) is 0 Å². The van der Waals surface area contributed by atoms with E-state index in [-0.39, 0.29) is 5.41 Å². The fourth-order valence-corrected chi connectivity index (χ4v) is 2.46. The summed E-state index contributed by atoms with van der Waals surface area (Å²) in [5.41, 5.74) is 1.04. The van der Waals surface area contributed by atoms with Crippen LogP contribution in [0.3, 0.4) is 0 Å². The van der Waals surface area contributed by atoms with E-state index in [4.69, 9.17) is 5.11 Å². The second kappa shape index (κ2) is 4.26. The summed E-state index contributed by atoms with van der Waals surface area (Å²) in [6, 6.07) is 9.91. The van der Waals surface area contributed by atoms with Gasteiger partial charge in [0.05, 0.1) is 0 Å². The van der Waals surface area contributed by atoms with Crippen molar-refractivity contribution in [1.82, 2.24) is 0 Å². The number of carbonyl (C=O) groups is 1. The van der Waals surface area contributed by atoms with Crippen molar-refractivity contribution in [3.63, 3.8) is 0 Å². The first-order valence-electron chi connectivity index (χ1n) is 5.60. The molecule has 1 aromatic rings. The Morgan fingerprint density at radius 2 is 1.94 bits per heavy atom. The Bertz CT molecular complexity index is 368. The van der Waals surface area contributed by atoms with Crippen molar-refractivity contribution >= 4 is 5.97 Å². The molecule has 3 heteroatoms. The van der Waals surface area contributed by atoms with Crippen LogP contribution in [0.1, 0.15) is 31.2 Å². The van der Waals surface area contributed by atoms with Crippen molar-refractivity contribution in [2.75, 3.05) is 0 Å². The number of aliphatic hydroxyl groups excluding tert-OH is 1. The van der Waals surface area contributed by atoms with E-state index in [0.717, 1.165) is 24.8 Å². The number of carboxylic acid groups (broad SMARTS) is 1. The lowest BCUT2D eigenvalue weighted by molar-refractivity contribution is -0.148. The molecule has 0 amide bonds. The van der Waals surface area contributed by atoms with Crippen molar-refractivity contribution in [2.24, 2.45) is 0 Å². The van der Waals surface area contributed by atoms with Gasteiger partial charge in [-0.1, -0.05) is 36.8 Å². The lowest BCUT2D eigenvalue weighted by Crippen LogP contribution is -2.40. The molecule has 0 aliphatic heterocycles. The van der Waals surface area contributed by atoms with Crippen LogP contribution in [0, 0.1) is 0 Å². The molecule has 0 saturated heterocycles. The molecule has 1 fully saturated rings. The highest BCUT2D eigenvalue weighted by molar-refractivity contribution is 5.72. The molecular formula is C13H16O3. The van der Waals surface area contributed by atoms with Gasteiger partial charge >= 0.3 is 5.97 Å². The molecular weight excluding hydrogens is 204 g/mol. The Balaban J connectivity index is 2.17. The number of benzene rings is 1. The molecule has 3 nitrogen and oxygen atoms in total. The largest absolute Gasteiger partial charge is 0.479 e. The van der Waals surface area contributed by atoms with E-state index in [0.29, 0.717) is 6.42 Å². The predicted octanol–water partition coefficient (Wildman–Crippen LogP) is 1.94. The van der Waals surface area contributed by atoms with Crippen molar-refractivity contribution in [3.05, 3.63) is 35.9 Å². The van der Waals surface area contributed by atoms with Gasteiger partial charge in [-0.2, -0.15) is 0 Å². The first kappa shape index (κ1) is 11.1. The molecule has 16 heavy (non-hydrogen) atoms. The highest BCUT2D eigenvalue weighted by atomic mass is 16.4. The Hall–Kier alpha value is -1.35. The topological polar surface area (TPSA) is 57.5 Å². The number of rotatable bonds is 4. The summed E-state index contributed by atoms with van der Waals surface area (Å²) >= 11 is 0. The number of carboxylic acids is 1. The Morgan fingerprint density at radius 3 is 2.38 bits per heavy atom. The molecule has 2 N–H and O–H groups in total. The maximum atomic E-state index is 10.7. The lowest BCUT2D eigenvalue weighted by atomic mass is 9.61. The Morgan fingerprint density at radius 1 is 1.31 bits per heavy atom. The van der Waals surface area contributed by atoms with E-state index in [1.165, 1.54) is 0 Å². The minimum absolute atomic E-state index is 0.112. The van der Waals surface area contributed by atoms with Crippen LogP contribution in [0.5, 0.6) is 0 Å². The second-order valence-electron chi connectivity index (χ2n) is 4.56. The maximum absolute atomic E-state index is 10.7. The van der Waals surface area contributed by atoms with E-state index in [2.05, 4.69) is 0 Å². The Labute approximate surface area is 94.7 Å². The number of hydrogen-bond acceptors (Lipinski definition) is 2. The number of aliphatic hydroxyl groups is 1.